The first kappa shape index (κ1) is 20.7. The van der Waals surface area contributed by atoms with E-state index in [4.69, 9.17) is 20.6 Å². The van der Waals surface area contributed by atoms with E-state index in [0.717, 1.165) is 41.0 Å². The van der Waals surface area contributed by atoms with Crippen molar-refractivity contribution < 1.29 is 13.9 Å². The van der Waals surface area contributed by atoms with Crippen LogP contribution in [0.4, 0.5) is 4.39 Å². The van der Waals surface area contributed by atoms with Crippen LogP contribution in [0.5, 0.6) is 11.5 Å². The van der Waals surface area contributed by atoms with E-state index >= 15 is 0 Å². The Morgan fingerprint density at radius 2 is 2.06 bits per heavy atom. The van der Waals surface area contributed by atoms with Gasteiger partial charge in [-0.3, -0.25) is 10.4 Å². The van der Waals surface area contributed by atoms with E-state index in [2.05, 4.69) is 16.0 Å². The predicted molar refractivity (Wildman–Crippen MR) is 124 cm³/mol. The van der Waals surface area contributed by atoms with Crippen LogP contribution in [0.3, 0.4) is 0 Å². The first-order valence-corrected chi connectivity index (χ1v) is 11.3. The highest BCUT2D eigenvalue weighted by Gasteiger charge is 2.29. The number of amidine groups is 1. The molecule has 1 atom stereocenters. The number of nitrogens with zero attached hydrogens (tertiary/aromatic N) is 2. The van der Waals surface area contributed by atoms with Gasteiger partial charge >= 0.3 is 0 Å². The molecule has 0 unspecified atom stereocenters. The van der Waals surface area contributed by atoms with Crippen molar-refractivity contribution in [2.45, 2.75) is 12.3 Å². The van der Waals surface area contributed by atoms with E-state index in [0.29, 0.717) is 29.4 Å². The molecule has 2 aromatic heterocycles. The van der Waals surface area contributed by atoms with Crippen LogP contribution < -0.4 is 10.5 Å². The van der Waals surface area contributed by atoms with Crippen molar-refractivity contribution in [2.75, 3.05) is 19.0 Å². The maximum Gasteiger partial charge on any atom is 0.220 e. The van der Waals surface area contributed by atoms with Gasteiger partial charge in [0, 0.05) is 34.6 Å². The molecule has 3 N–H and O–H groups in total. The first-order valence-electron chi connectivity index (χ1n) is 10.3. The smallest absolute Gasteiger partial charge is 0.220 e. The highest BCUT2D eigenvalue weighted by molar-refractivity contribution is 8.13. The maximum absolute atomic E-state index is 14.3. The molecule has 0 radical (unpaired) electrons. The number of benzene rings is 1. The Labute approximate surface area is 189 Å². The van der Waals surface area contributed by atoms with Gasteiger partial charge in [-0.05, 0) is 47.9 Å². The molecule has 0 spiro atoms. The van der Waals surface area contributed by atoms with E-state index in [1.54, 1.807) is 18.3 Å². The van der Waals surface area contributed by atoms with Gasteiger partial charge in [0.2, 0.25) is 5.95 Å². The Morgan fingerprint density at radius 3 is 2.84 bits per heavy atom. The number of hydrogen-bond donors (Lipinski definition) is 2. The van der Waals surface area contributed by atoms with Crippen LogP contribution in [0, 0.1) is 11.4 Å². The molecule has 8 heteroatoms. The van der Waals surface area contributed by atoms with E-state index in [1.807, 2.05) is 24.3 Å². The number of ether oxygens (including phenoxy) is 2. The topological polar surface area (TPSA) is 94.1 Å². The van der Waals surface area contributed by atoms with Gasteiger partial charge in [-0.15, -0.1) is 0 Å². The molecule has 0 saturated heterocycles. The molecular formula is C24H21FN4O2S. The summed E-state index contributed by atoms with van der Waals surface area (Å²) in [5.41, 5.74) is 10.6. The van der Waals surface area contributed by atoms with E-state index in [1.165, 1.54) is 18.0 Å². The molecule has 5 rings (SSSR count). The van der Waals surface area contributed by atoms with Crippen molar-refractivity contribution in [2.24, 2.45) is 5.73 Å². The number of fused-ring (bicyclic) bond motifs is 2. The number of thioether (sulfide) groups is 1. The molecular weight excluding hydrogens is 427 g/mol. The second-order valence-corrected chi connectivity index (χ2v) is 8.66. The summed E-state index contributed by atoms with van der Waals surface area (Å²) in [6, 6.07) is 11.1. The third-order valence-corrected chi connectivity index (χ3v) is 6.40. The Kier molecular flexibility index (Phi) is 5.63. The monoisotopic (exact) mass is 448 g/mol. The Morgan fingerprint density at radius 1 is 1.19 bits per heavy atom. The lowest BCUT2D eigenvalue weighted by atomic mass is 9.87. The second-order valence-electron chi connectivity index (χ2n) is 7.60. The van der Waals surface area contributed by atoms with Crippen molar-refractivity contribution in [1.29, 1.82) is 5.41 Å². The molecule has 4 heterocycles. The minimum Gasteiger partial charge on any atom is -0.455 e. The van der Waals surface area contributed by atoms with E-state index < -0.39 is 5.95 Å². The number of rotatable bonds is 4. The van der Waals surface area contributed by atoms with Crippen LogP contribution in [0.25, 0.3) is 16.7 Å². The van der Waals surface area contributed by atoms with Crippen LogP contribution in [-0.4, -0.2) is 34.1 Å². The predicted octanol–water partition coefficient (Wildman–Crippen LogP) is 4.95. The molecule has 3 aromatic rings. The summed E-state index contributed by atoms with van der Waals surface area (Å²) in [4.78, 5) is 8.36. The summed E-state index contributed by atoms with van der Waals surface area (Å²) in [6.07, 6.45) is 6.18. The SMILES string of the molecule is N=C(N)SC[C@@H]1c2cc(-c3cccnc3F)ccc2Oc2cnc(C3=CCCOC3)cc21. The highest BCUT2D eigenvalue weighted by Crippen LogP contribution is 2.47. The molecule has 0 amide bonds. The normalized spacial score (nSPS) is 17.0. The zero-order chi connectivity index (χ0) is 22.1. The van der Waals surface area contributed by atoms with Crippen molar-refractivity contribution in [3.05, 3.63) is 77.6 Å². The summed E-state index contributed by atoms with van der Waals surface area (Å²) in [5, 5.41) is 7.75. The quantitative estimate of drug-likeness (QED) is 0.333. The van der Waals surface area contributed by atoms with Crippen molar-refractivity contribution >= 4 is 22.5 Å². The third kappa shape index (κ3) is 3.99. The van der Waals surface area contributed by atoms with Crippen LogP contribution in [0.1, 0.15) is 29.2 Å². The lowest BCUT2D eigenvalue weighted by molar-refractivity contribution is 0.164. The summed E-state index contributed by atoms with van der Waals surface area (Å²) in [7, 11) is 0. The Balaban J connectivity index is 1.60. The average molecular weight is 449 g/mol. The first-order chi connectivity index (χ1) is 15.6. The largest absolute Gasteiger partial charge is 0.455 e. The van der Waals surface area contributed by atoms with Gasteiger partial charge in [0.1, 0.15) is 11.5 Å². The van der Waals surface area contributed by atoms with Gasteiger partial charge in [0.25, 0.3) is 0 Å². The van der Waals surface area contributed by atoms with Crippen LogP contribution in [0.15, 0.2) is 54.9 Å². The number of halogens is 1. The molecule has 0 fully saturated rings. The fourth-order valence-corrected chi connectivity index (χ4v) is 4.75. The Hall–Kier alpha value is -3.23. The van der Waals surface area contributed by atoms with Gasteiger partial charge in [-0.2, -0.15) is 4.39 Å². The van der Waals surface area contributed by atoms with Crippen LogP contribution in [-0.2, 0) is 4.74 Å². The van der Waals surface area contributed by atoms with Gasteiger partial charge in [0.05, 0.1) is 25.1 Å². The standard InChI is InChI=1S/C24H21FN4O2S/c25-23-16(4-1-7-28-23)14-5-6-21-17(9-14)19(13-32-24(26)27)18-10-20(29-11-22(18)31-21)15-3-2-8-30-12-15/h1,3-7,9-11,19H,2,8,12-13H2,(H3,26,27)/t19-/m1/s1. The third-order valence-electron chi connectivity index (χ3n) is 5.59. The summed E-state index contributed by atoms with van der Waals surface area (Å²) in [6.45, 7) is 1.25. The fraction of sp³-hybridized carbons (Fsp3) is 0.208. The summed E-state index contributed by atoms with van der Waals surface area (Å²) < 4.78 is 26.1. The number of aromatic nitrogens is 2. The van der Waals surface area contributed by atoms with Crippen LogP contribution in [0.2, 0.25) is 0 Å². The molecule has 2 aliphatic rings. The molecule has 0 saturated carbocycles. The average Bonchev–Trinajstić information content (AvgIpc) is 2.82. The maximum atomic E-state index is 14.3. The number of nitrogens with one attached hydrogen (secondary N) is 1. The van der Waals surface area contributed by atoms with Gasteiger partial charge in [0.15, 0.2) is 5.17 Å². The minimum atomic E-state index is -0.519. The number of nitrogens with two attached hydrogens (primary N) is 1. The fourth-order valence-electron chi connectivity index (χ4n) is 4.05. The Bertz CT molecular complexity index is 1230. The molecule has 1 aromatic carbocycles. The molecule has 32 heavy (non-hydrogen) atoms. The lowest BCUT2D eigenvalue weighted by Gasteiger charge is -2.29. The minimum absolute atomic E-state index is 0.0479. The number of pyridine rings is 2. The zero-order valence-electron chi connectivity index (χ0n) is 17.2. The molecule has 2 aliphatic heterocycles. The zero-order valence-corrected chi connectivity index (χ0v) is 18.0. The van der Waals surface area contributed by atoms with E-state index in [9.17, 15) is 4.39 Å². The second kappa shape index (κ2) is 8.72. The highest BCUT2D eigenvalue weighted by atomic mass is 32.2. The summed E-state index contributed by atoms with van der Waals surface area (Å²) in [5.74, 6) is 1.29. The van der Waals surface area contributed by atoms with Crippen molar-refractivity contribution in [3.8, 4) is 22.6 Å². The van der Waals surface area contributed by atoms with E-state index in [-0.39, 0.29) is 11.1 Å². The van der Waals surface area contributed by atoms with Gasteiger partial charge < -0.3 is 15.2 Å². The number of hydrogen-bond acceptors (Lipinski definition) is 6. The lowest BCUT2D eigenvalue weighted by Crippen LogP contribution is -2.16. The molecule has 6 nitrogen and oxygen atoms in total. The molecule has 0 aliphatic carbocycles. The van der Waals surface area contributed by atoms with Gasteiger partial charge in [-0.1, -0.05) is 23.9 Å². The van der Waals surface area contributed by atoms with Crippen LogP contribution >= 0.6 is 11.8 Å². The molecule has 0 bridgehead atoms. The van der Waals surface area contributed by atoms with Crippen molar-refractivity contribution in [3.63, 3.8) is 0 Å². The molecule has 162 valence electrons. The summed E-state index contributed by atoms with van der Waals surface area (Å²) >= 11 is 1.27. The van der Waals surface area contributed by atoms with Crippen molar-refractivity contribution in [1.82, 2.24) is 9.97 Å². The van der Waals surface area contributed by atoms with Gasteiger partial charge in [-0.25, -0.2) is 4.98 Å².